The molecule has 0 aromatic heterocycles. The van der Waals surface area contributed by atoms with Crippen LogP contribution in [0.15, 0.2) is 18.2 Å². The van der Waals surface area contributed by atoms with Gasteiger partial charge in [0, 0.05) is 12.6 Å². The molecule has 1 rings (SSSR count). The summed E-state index contributed by atoms with van der Waals surface area (Å²) < 4.78 is 18.9. The van der Waals surface area contributed by atoms with Crippen LogP contribution in [0.2, 0.25) is 0 Å². The second-order valence-electron chi connectivity index (χ2n) is 4.60. The number of hydrogen-bond donors (Lipinski definition) is 2. The van der Waals surface area contributed by atoms with Gasteiger partial charge in [-0.25, -0.2) is 4.39 Å². The van der Waals surface area contributed by atoms with Gasteiger partial charge in [0.15, 0.2) is 11.6 Å². The Kier molecular flexibility index (Phi) is 9.75. The van der Waals surface area contributed by atoms with E-state index in [1.807, 2.05) is 0 Å². The van der Waals surface area contributed by atoms with E-state index in [2.05, 4.69) is 12.2 Å². The van der Waals surface area contributed by atoms with Gasteiger partial charge in [0.05, 0.1) is 12.2 Å². The Hall–Kier alpha value is -1.33. The van der Waals surface area contributed by atoms with Crippen LogP contribution in [0.4, 0.5) is 4.39 Å². The van der Waals surface area contributed by atoms with E-state index in [-0.39, 0.29) is 35.7 Å². The molecule has 120 valence electrons. The van der Waals surface area contributed by atoms with Crippen molar-refractivity contribution in [3.05, 3.63) is 29.6 Å². The van der Waals surface area contributed by atoms with E-state index in [0.717, 1.165) is 19.3 Å². The maximum absolute atomic E-state index is 13.7. The first kappa shape index (κ1) is 19.7. The highest BCUT2D eigenvalue weighted by molar-refractivity contribution is 5.97. The molecule has 0 aliphatic carbocycles. The quantitative estimate of drug-likeness (QED) is 0.774. The average Bonchev–Trinajstić information content (AvgIpc) is 2.45. The maximum Gasteiger partial charge on any atom is 0.255 e. The molecule has 1 atom stereocenters. The van der Waals surface area contributed by atoms with Crippen molar-refractivity contribution < 1.29 is 13.9 Å². The van der Waals surface area contributed by atoms with Crippen molar-refractivity contribution in [2.24, 2.45) is 5.73 Å². The maximum atomic E-state index is 13.7. The third kappa shape index (κ3) is 5.89. The van der Waals surface area contributed by atoms with Gasteiger partial charge < -0.3 is 15.8 Å². The predicted molar refractivity (Wildman–Crippen MR) is 84.7 cm³/mol. The lowest BCUT2D eigenvalue weighted by molar-refractivity contribution is 0.0931. The number of hydrogen-bond acceptors (Lipinski definition) is 3. The molecule has 1 amide bonds. The lowest BCUT2D eigenvalue weighted by atomic mass is 10.1. The molecule has 21 heavy (non-hydrogen) atoms. The number of carbonyl (C=O) groups is 1. The molecule has 0 saturated carbocycles. The predicted octanol–water partition coefficient (Wildman–Crippen LogP) is 2.89. The number of nitrogens with one attached hydrogen (secondary N) is 1. The number of para-hydroxylation sites is 1. The lowest BCUT2D eigenvalue weighted by Gasteiger charge is -2.18. The van der Waals surface area contributed by atoms with Gasteiger partial charge >= 0.3 is 0 Å². The van der Waals surface area contributed by atoms with E-state index in [4.69, 9.17) is 10.5 Å². The van der Waals surface area contributed by atoms with E-state index in [0.29, 0.717) is 13.2 Å². The number of benzene rings is 1. The first-order valence-electron chi connectivity index (χ1n) is 7.06. The summed E-state index contributed by atoms with van der Waals surface area (Å²) in [4.78, 5) is 12.2. The van der Waals surface area contributed by atoms with Crippen molar-refractivity contribution in [2.75, 3.05) is 13.2 Å². The lowest BCUT2D eigenvalue weighted by Crippen LogP contribution is -2.40. The van der Waals surface area contributed by atoms with Gasteiger partial charge in [0.25, 0.3) is 5.91 Å². The Bertz CT molecular complexity index is 444. The van der Waals surface area contributed by atoms with Crippen LogP contribution in [0, 0.1) is 5.82 Å². The highest BCUT2D eigenvalue weighted by atomic mass is 35.5. The van der Waals surface area contributed by atoms with Gasteiger partial charge in [0.1, 0.15) is 0 Å². The molecule has 0 saturated heterocycles. The number of rotatable bonds is 8. The fourth-order valence-corrected chi connectivity index (χ4v) is 1.94. The smallest absolute Gasteiger partial charge is 0.255 e. The number of amides is 1. The van der Waals surface area contributed by atoms with Crippen LogP contribution in [-0.2, 0) is 0 Å². The average molecular weight is 319 g/mol. The first-order valence-corrected chi connectivity index (χ1v) is 7.06. The van der Waals surface area contributed by atoms with Gasteiger partial charge in [-0.2, -0.15) is 0 Å². The zero-order valence-corrected chi connectivity index (χ0v) is 13.3. The first-order chi connectivity index (χ1) is 9.63. The van der Waals surface area contributed by atoms with Crippen molar-refractivity contribution in [2.45, 2.75) is 39.2 Å². The van der Waals surface area contributed by atoms with Crippen molar-refractivity contribution in [1.82, 2.24) is 5.32 Å². The monoisotopic (exact) mass is 318 g/mol. The zero-order valence-electron chi connectivity index (χ0n) is 12.5. The standard InChI is InChI=1S/C15H23FN2O2.ClH/c1-3-5-7-11(10-17)18-15(19)12-8-6-9-13(16)14(12)20-4-2;/h6,8-9,11H,3-5,7,10,17H2,1-2H3,(H,18,19);1H. The Morgan fingerprint density at radius 2 is 2.14 bits per heavy atom. The minimum Gasteiger partial charge on any atom is -0.490 e. The molecule has 4 nitrogen and oxygen atoms in total. The molecule has 1 aromatic rings. The summed E-state index contributed by atoms with van der Waals surface area (Å²) in [7, 11) is 0. The van der Waals surface area contributed by atoms with Gasteiger partial charge in [0.2, 0.25) is 0 Å². The number of ether oxygens (including phenoxy) is 1. The molecule has 1 aromatic carbocycles. The molecule has 0 aliphatic heterocycles. The van der Waals surface area contributed by atoms with E-state index in [1.54, 1.807) is 13.0 Å². The van der Waals surface area contributed by atoms with E-state index in [1.165, 1.54) is 12.1 Å². The number of halogens is 2. The van der Waals surface area contributed by atoms with Crippen molar-refractivity contribution in [3.63, 3.8) is 0 Å². The molecule has 1 unspecified atom stereocenters. The molecule has 0 spiro atoms. The van der Waals surface area contributed by atoms with E-state index < -0.39 is 5.82 Å². The van der Waals surface area contributed by atoms with Crippen LogP contribution < -0.4 is 15.8 Å². The summed E-state index contributed by atoms with van der Waals surface area (Å²) in [6.07, 6.45) is 2.85. The number of nitrogens with two attached hydrogens (primary N) is 1. The van der Waals surface area contributed by atoms with Crippen LogP contribution in [0.3, 0.4) is 0 Å². The Labute approximate surface area is 131 Å². The van der Waals surface area contributed by atoms with Crippen LogP contribution in [0.1, 0.15) is 43.5 Å². The van der Waals surface area contributed by atoms with Gasteiger partial charge in [-0.1, -0.05) is 25.8 Å². The summed E-state index contributed by atoms with van der Waals surface area (Å²) in [5, 5.41) is 2.83. The third-order valence-electron chi connectivity index (χ3n) is 3.03. The van der Waals surface area contributed by atoms with Crippen LogP contribution in [0.25, 0.3) is 0 Å². The highest BCUT2D eigenvalue weighted by Gasteiger charge is 2.18. The number of unbranched alkanes of at least 4 members (excludes halogenated alkanes) is 1. The molecule has 0 radical (unpaired) electrons. The fraction of sp³-hybridized carbons (Fsp3) is 0.533. The Balaban J connectivity index is 0.00000400. The molecular weight excluding hydrogens is 295 g/mol. The minimum absolute atomic E-state index is 0. The molecule has 0 aliphatic rings. The normalized spacial score (nSPS) is 11.4. The van der Waals surface area contributed by atoms with Gasteiger partial charge in [-0.15, -0.1) is 12.4 Å². The Morgan fingerprint density at radius 3 is 2.71 bits per heavy atom. The van der Waals surface area contributed by atoms with Crippen LogP contribution in [-0.4, -0.2) is 25.1 Å². The topological polar surface area (TPSA) is 64.3 Å². The highest BCUT2D eigenvalue weighted by Crippen LogP contribution is 2.22. The van der Waals surface area contributed by atoms with E-state index in [9.17, 15) is 9.18 Å². The summed E-state index contributed by atoms with van der Waals surface area (Å²) in [5.74, 6) is -0.879. The van der Waals surface area contributed by atoms with Crippen LogP contribution >= 0.6 is 12.4 Å². The SMILES string of the molecule is CCCCC(CN)NC(=O)c1cccc(F)c1OCC.Cl. The second kappa shape index (κ2) is 10.4. The zero-order chi connectivity index (χ0) is 15.0. The van der Waals surface area contributed by atoms with Gasteiger partial charge in [-0.3, -0.25) is 4.79 Å². The number of carbonyl (C=O) groups excluding carboxylic acids is 1. The molecule has 0 fully saturated rings. The Morgan fingerprint density at radius 1 is 1.43 bits per heavy atom. The van der Waals surface area contributed by atoms with Crippen molar-refractivity contribution in [1.29, 1.82) is 0 Å². The molecule has 0 heterocycles. The van der Waals surface area contributed by atoms with Crippen molar-refractivity contribution in [3.8, 4) is 5.75 Å². The summed E-state index contributed by atoms with van der Waals surface area (Å²) in [6.45, 7) is 4.50. The van der Waals surface area contributed by atoms with Gasteiger partial charge in [-0.05, 0) is 25.5 Å². The summed E-state index contributed by atoms with van der Waals surface area (Å²) >= 11 is 0. The molecule has 0 bridgehead atoms. The minimum atomic E-state index is -0.530. The molecule has 3 N–H and O–H groups in total. The molecular formula is C15H24ClFN2O2. The second-order valence-corrected chi connectivity index (χ2v) is 4.60. The van der Waals surface area contributed by atoms with E-state index >= 15 is 0 Å². The van der Waals surface area contributed by atoms with Crippen LogP contribution in [0.5, 0.6) is 5.75 Å². The van der Waals surface area contributed by atoms with Crippen molar-refractivity contribution >= 4 is 18.3 Å². The largest absolute Gasteiger partial charge is 0.490 e. The summed E-state index contributed by atoms with van der Waals surface area (Å²) in [5.41, 5.74) is 5.86. The summed E-state index contributed by atoms with van der Waals surface area (Å²) in [6, 6.07) is 4.23. The fourth-order valence-electron chi connectivity index (χ4n) is 1.94. The molecule has 6 heteroatoms. The third-order valence-corrected chi connectivity index (χ3v) is 3.03.